The predicted octanol–water partition coefficient (Wildman–Crippen LogP) is 5.72. The fourth-order valence-electron chi connectivity index (χ4n) is 5.78. The minimum atomic E-state index is -3.89. The third-order valence-corrected chi connectivity index (χ3v) is 10.6. The van der Waals surface area contributed by atoms with Gasteiger partial charge in [-0.25, -0.2) is 13.4 Å². The van der Waals surface area contributed by atoms with Gasteiger partial charge in [-0.15, -0.1) is 0 Å². The zero-order valence-corrected chi connectivity index (χ0v) is 31.3. The molecule has 0 unspecified atom stereocenters. The molecular weight excluding hydrogens is 777 g/mol. The number of hydrogen-bond donors (Lipinski definition) is 0. The maximum Gasteiger partial charge on any atom is 0.387 e. The van der Waals surface area contributed by atoms with E-state index in [0.29, 0.717) is 33.0 Å². The number of carbonyl (C=O) groups excluding carboxylic acids is 3. The Hall–Kier alpha value is -4.84. The Balaban J connectivity index is 0.00000561. The van der Waals surface area contributed by atoms with E-state index >= 15 is 0 Å². The number of carbonyl (C=O) groups is 3. The van der Waals surface area contributed by atoms with Crippen molar-refractivity contribution in [1.82, 2.24) is 10.1 Å². The van der Waals surface area contributed by atoms with Crippen molar-refractivity contribution in [2.24, 2.45) is 5.92 Å². The minimum Gasteiger partial charge on any atom is -0.870 e. The molecule has 0 radical (unpaired) electrons. The molecule has 0 saturated heterocycles. The summed E-state index contributed by atoms with van der Waals surface area (Å²) in [6, 6.07) is 8.05. The van der Waals surface area contributed by atoms with Crippen molar-refractivity contribution in [3.8, 4) is 11.5 Å². The van der Waals surface area contributed by atoms with Crippen LogP contribution < -0.4 is 18.8 Å². The molecule has 2 aromatic carbocycles. The molecule has 2 N–H and O–H groups in total. The maximum absolute atomic E-state index is 13.6. The molecule has 0 bridgehead atoms. The van der Waals surface area contributed by atoms with Gasteiger partial charge in [-0.1, -0.05) is 34.4 Å². The van der Waals surface area contributed by atoms with Crippen LogP contribution in [0, 0.1) is 19.8 Å². The molecule has 6 rings (SSSR count). The normalized spacial score (nSPS) is 14.5. The van der Waals surface area contributed by atoms with Gasteiger partial charge in [-0.2, -0.15) is 8.78 Å². The van der Waals surface area contributed by atoms with Crippen LogP contribution in [-0.2, 0) is 32.5 Å². The fourth-order valence-corrected chi connectivity index (χ4v) is 7.17. The number of rotatable bonds is 15. The number of aromatic nitrogens is 2. The van der Waals surface area contributed by atoms with Gasteiger partial charge in [0.15, 0.2) is 23.9 Å². The van der Waals surface area contributed by atoms with Gasteiger partial charge in [0.1, 0.15) is 28.5 Å². The van der Waals surface area contributed by atoms with Gasteiger partial charge in [0.25, 0.3) is 11.8 Å². The van der Waals surface area contributed by atoms with E-state index in [4.69, 9.17) is 37.2 Å². The molecule has 19 heteroatoms. The summed E-state index contributed by atoms with van der Waals surface area (Å²) in [7, 11) is -3.89. The number of halogens is 4. The number of sulfonamides is 1. The summed E-state index contributed by atoms with van der Waals surface area (Å²) in [4.78, 5) is 44.1. The van der Waals surface area contributed by atoms with Gasteiger partial charge >= 0.3 is 12.6 Å². The smallest absolute Gasteiger partial charge is 0.387 e. The van der Waals surface area contributed by atoms with Crippen molar-refractivity contribution >= 4 is 56.7 Å². The van der Waals surface area contributed by atoms with Crippen LogP contribution in [0.5, 0.6) is 11.5 Å². The minimum absolute atomic E-state index is 0. The largest absolute Gasteiger partial charge is 0.870 e. The summed E-state index contributed by atoms with van der Waals surface area (Å²) >= 11 is 12.8. The van der Waals surface area contributed by atoms with Crippen molar-refractivity contribution in [2.75, 3.05) is 23.7 Å². The molecule has 2 aromatic heterocycles. The first-order valence-corrected chi connectivity index (χ1v) is 18.9. The summed E-state index contributed by atoms with van der Waals surface area (Å²) in [6.45, 7) is -0.503. The van der Waals surface area contributed by atoms with Crippen molar-refractivity contribution < 1.29 is 60.8 Å². The highest BCUT2D eigenvalue weighted by atomic mass is 35.5. The molecule has 14 nitrogen and oxygen atoms in total. The molecule has 1 aliphatic heterocycles. The second kappa shape index (κ2) is 16.3. The average Bonchev–Trinajstić information content (AvgIpc) is 3.83. The molecule has 1 fully saturated rings. The van der Waals surface area contributed by atoms with Gasteiger partial charge in [0, 0.05) is 17.5 Å². The average molecular weight is 812 g/mol. The first-order valence-electron chi connectivity index (χ1n) is 16.3. The molecule has 0 spiro atoms. The Morgan fingerprint density at radius 2 is 1.72 bits per heavy atom. The van der Waals surface area contributed by atoms with Crippen molar-refractivity contribution in [1.29, 1.82) is 0 Å². The Kier molecular flexibility index (Phi) is 12.1. The predicted molar refractivity (Wildman–Crippen MR) is 188 cm³/mol. The third kappa shape index (κ3) is 8.92. The maximum atomic E-state index is 13.6. The zero-order valence-electron chi connectivity index (χ0n) is 29.0. The number of fused-ring (bicyclic) bond motifs is 1. The lowest BCUT2D eigenvalue weighted by Crippen LogP contribution is -2.36. The number of hydrogen-bond acceptors (Lipinski definition) is 11. The standard InChI is InChI=1S/C35H32Cl2F2N4O9S.H2O/c1-18-26(19(2)52-41-18)15-43(53(3,47)48)22-7-8-23-24(11-22)34(46)42(33(23)45)16-32(44)50-30(12-25-27(36)13-40-14-28(25)37)21-6-9-29(51-35(38)39)31(10-21)49-17-20-4-5-20;/h6-11,13-14,20,30,35H,4-5,12,15-17H2,1-3H3;1H2/t30-;/m0./s1. The zero-order chi connectivity index (χ0) is 38.2. The van der Waals surface area contributed by atoms with Crippen LogP contribution in [-0.4, -0.2) is 67.8 Å². The fraction of sp³-hybridized carbons (Fsp3) is 0.343. The van der Waals surface area contributed by atoms with Gasteiger partial charge in [0.2, 0.25) is 10.0 Å². The quantitative estimate of drug-likeness (QED) is 0.106. The molecule has 1 saturated carbocycles. The molecule has 4 aromatic rings. The van der Waals surface area contributed by atoms with E-state index in [1.165, 1.54) is 48.8 Å². The molecule has 2 aliphatic rings. The van der Waals surface area contributed by atoms with Crippen LogP contribution in [0.25, 0.3) is 0 Å². The lowest BCUT2D eigenvalue weighted by molar-refractivity contribution is -0.377. The number of benzene rings is 2. The lowest BCUT2D eigenvalue weighted by Gasteiger charge is -2.23. The van der Waals surface area contributed by atoms with Gasteiger partial charge in [0.05, 0.1) is 41.9 Å². The summed E-state index contributed by atoms with van der Waals surface area (Å²) in [5.74, 6) is -2.16. The monoisotopic (exact) mass is 810 g/mol. The number of anilines is 1. The Labute approximate surface area is 318 Å². The van der Waals surface area contributed by atoms with E-state index in [9.17, 15) is 31.6 Å². The van der Waals surface area contributed by atoms with E-state index in [1.54, 1.807) is 13.8 Å². The number of pyridine rings is 1. The van der Waals surface area contributed by atoms with Crippen molar-refractivity contribution in [3.05, 3.63) is 98.1 Å². The molecule has 1 aliphatic carbocycles. The van der Waals surface area contributed by atoms with Crippen molar-refractivity contribution in [2.45, 2.75) is 52.4 Å². The SMILES string of the molecule is Cc1noc(C)c1CN(c1ccc2c(c1)C(=O)N(CC(=O)O[C@@H](Cc1c(Cl)c[nH+]cc1Cl)c1ccc(OC(F)F)c(OCC3CC3)c1)C2=O)S(C)(=O)=O.[OH-]. The van der Waals surface area contributed by atoms with E-state index < -0.39 is 47.1 Å². The number of aromatic amines is 1. The van der Waals surface area contributed by atoms with E-state index in [0.717, 1.165) is 23.4 Å². The van der Waals surface area contributed by atoms with Gasteiger partial charge in [-0.3, -0.25) is 23.6 Å². The number of H-pyrrole nitrogens is 1. The molecule has 3 heterocycles. The van der Waals surface area contributed by atoms with Crippen LogP contribution in [0.15, 0.2) is 53.3 Å². The first kappa shape index (κ1) is 40.3. The highest BCUT2D eigenvalue weighted by Gasteiger charge is 2.39. The molecule has 1 atom stereocenters. The number of imide groups is 1. The van der Waals surface area contributed by atoms with Crippen LogP contribution in [0.2, 0.25) is 10.0 Å². The first-order chi connectivity index (χ1) is 25.1. The highest BCUT2D eigenvalue weighted by molar-refractivity contribution is 7.92. The number of nitrogens with one attached hydrogen (secondary N) is 1. The second-order valence-electron chi connectivity index (χ2n) is 12.7. The second-order valence-corrected chi connectivity index (χ2v) is 15.4. The summed E-state index contributed by atoms with van der Waals surface area (Å²) in [5, 5.41) is 4.30. The van der Waals surface area contributed by atoms with E-state index in [1.807, 2.05) is 0 Å². The number of aryl methyl sites for hydroxylation is 2. The Bertz CT molecular complexity index is 2160. The Morgan fingerprint density at radius 1 is 1.04 bits per heavy atom. The molecular formula is C35H34Cl2F2N4O10S. The number of nitrogens with zero attached hydrogens (tertiary/aromatic N) is 3. The number of esters is 1. The number of amides is 2. The van der Waals surface area contributed by atoms with Crippen molar-refractivity contribution in [3.63, 3.8) is 0 Å². The summed E-state index contributed by atoms with van der Waals surface area (Å²) in [5.41, 5.74) is 1.66. The van der Waals surface area contributed by atoms with Crippen LogP contribution in [0.1, 0.15) is 67.8 Å². The van der Waals surface area contributed by atoms with E-state index in [2.05, 4.69) is 14.9 Å². The molecule has 288 valence electrons. The van der Waals surface area contributed by atoms with E-state index in [-0.39, 0.29) is 69.3 Å². The topological polar surface area (TPSA) is 190 Å². The van der Waals surface area contributed by atoms with Gasteiger partial charge in [-0.05, 0) is 68.5 Å². The van der Waals surface area contributed by atoms with Crippen LogP contribution in [0.4, 0.5) is 14.5 Å². The third-order valence-electron chi connectivity index (χ3n) is 8.80. The van der Waals surface area contributed by atoms with Crippen LogP contribution >= 0.6 is 23.2 Å². The summed E-state index contributed by atoms with van der Waals surface area (Å²) in [6.07, 6.45) is 4.57. The highest BCUT2D eigenvalue weighted by Crippen LogP contribution is 2.38. The lowest BCUT2D eigenvalue weighted by atomic mass is 10.0. The van der Waals surface area contributed by atoms with Gasteiger partial charge < -0.3 is 24.2 Å². The van der Waals surface area contributed by atoms with Crippen LogP contribution in [0.3, 0.4) is 0 Å². The molecule has 2 amide bonds. The Morgan fingerprint density at radius 3 is 2.33 bits per heavy atom. The summed E-state index contributed by atoms with van der Waals surface area (Å²) < 4.78 is 74.7. The number of ether oxygens (including phenoxy) is 3. The molecule has 54 heavy (non-hydrogen) atoms. The number of alkyl halides is 2.